The van der Waals surface area contributed by atoms with Crippen molar-refractivity contribution in [2.24, 2.45) is 11.8 Å². The molecule has 1 amide bonds. The van der Waals surface area contributed by atoms with Gasteiger partial charge in [-0.3, -0.25) is 14.5 Å². The normalized spacial score (nSPS) is 22.4. The van der Waals surface area contributed by atoms with Crippen molar-refractivity contribution in [3.05, 3.63) is 46.6 Å². The van der Waals surface area contributed by atoms with Crippen LogP contribution in [0, 0.1) is 11.8 Å². The van der Waals surface area contributed by atoms with Gasteiger partial charge in [0, 0.05) is 12.1 Å². The summed E-state index contributed by atoms with van der Waals surface area (Å²) in [6.45, 7) is 14.9. The molecule has 1 saturated heterocycles. The van der Waals surface area contributed by atoms with Crippen LogP contribution in [0.15, 0.2) is 46.6 Å². The number of hydrogen-bond acceptors (Lipinski definition) is 3. The van der Waals surface area contributed by atoms with Crippen LogP contribution in [0.2, 0.25) is 0 Å². The van der Waals surface area contributed by atoms with Crippen molar-refractivity contribution >= 4 is 11.7 Å². The van der Waals surface area contributed by atoms with Gasteiger partial charge in [-0.05, 0) is 69.7 Å². The first-order chi connectivity index (χ1) is 13.7. The van der Waals surface area contributed by atoms with Crippen LogP contribution in [0.5, 0.6) is 0 Å². The number of hydrogen-bond donors (Lipinski definition) is 1. The molecule has 2 aliphatic rings. The summed E-state index contributed by atoms with van der Waals surface area (Å²) in [6, 6.07) is -0.582. The number of rotatable bonds is 8. The largest absolute Gasteiger partial charge is 0.338 e. The molecule has 2 atom stereocenters. The Labute approximate surface area is 176 Å². The number of Topliss-reactive ketones (excluding diaryl/α,β-unsaturated/α-hetero) is 1. The SMILES string of the molecule is CC(=O)C(NC(=O)/C(C)=C\C=CC(C)C)C1=C(C)C(C)C=C1CN1CCCCC1. The second-order valence-corrected chi connectivity index (χ2v) is 8.91. The minimum absolute atomic E-state index is 0.0168. The molecule has 2 rings (SSSR count). The van der Waals surface area contributed by atoms with Crippen LogP contribution >= 0.6 is 0 Å². The Morgan fingerprint density at radius 2 is 1.86 bits per heavy atom. The van der Waals surface area contributed by atoms with E-state index in [1.807, 2.05) is 18.2 Å². The van der Waals surface area contributed by atoms with Crippen LogP contribution in [-0.4, -0.2) is 42.3 Å². The van der Waals surface area contributed by atoms with Gasteiger partial charge in [0.15, 0.2) is 5.78 Å². The Morgan fingerprint density at radius 3 is 2.45 bits per heavy atom. The molecule has 29 heavy (non-hydrogen) atoms. The van der Waals surface area contributed by atoms with Gasteiger partial charge in [0.2, 0.25) is 5.91 Å². The molecule has 0 aromatic rings. The van der Waals surface area contributed by atoms with Crippen LogP contribution in [0.3, 0.4) is 0 Å². The molecule has 1 fully saturated rings. The molecule has 4 heteroatoms. The molecular weight excluding hydrogens is 360 g/mol. The number of carbonyl (C=O) groups excluding carboxylic acids is 2. The molecule has 0 bridgehead atoms. The fourth-order valence-corrected chi connectivity index (χ4v) is 4.04. The highest BCUT2D eigenvalue weighted by molar-refractivity contribution is 5.98. The fraction of sp³-hybridized carbons (Fsp3) is 0.600. The smallest absolute Gasteiger partial charge is 0.247 e. The van der Waals surface area contributed by atoms with E-state index in [0.717, 1.165) is 25.2 Å². The predicted molar refractivity (Wildman–Crippen MR) is 121 cm³/mol. The number of nitrogens with zero attached hydrogens (tertiary/aromatic N) is 1. The molecule has 160 valence electrons. The molecule has 0 saturated carbocycles. The Morgan fingerprint density at radius 1 is 1.21 bits per heavy atom. The van der Waals surface area contributed by atoms with E-state index in [1.54, 1.807) is 13.8 Å². The van der Waals surface area contributed by atoms with Crippen molar-refractivity contribution < 1.29 is 9.59 Å². The number of allylic oxidation sites excluding steroid dienone is 5. The topological polar surface area (TPSA) is 49.4 Å². The van der Waals surface area contributed by atoms with Gasteiger partial charge >= 0.3 is 0 Å². The lowest BCUT2D eigenvalue weighted by atomic mass is 9.93. The summed E-state index contributed by atoms with van der Waals surface area (Å²) in [6.07, 6.45) is 11.8. The molecule has 4 nitrogen and oxygen atoms in total. The summed E-state index contributed by atoms with van der Waals surface area (Å²) < 4.78 is 0. The standard InChI is InChI=1S/C25H38N2O2/c1-17(2)11-10-12-18(3)25(29)26-24(21(6)28)23-20(5)19(4)15-22(23)16-27-13-8-7-9-14-27/h10-12,15,17,19,24H,7-9,13-14,16H2,1-6H3,(H,26,29)/b11-10?,18-12-. The predicted octanol–water partition coefficient (Wildman–Crippen LogP) is 4.60. The molecule has 1 aliphatic carbocycles. The summed E-state index contributed by atoms with van der Waals surface area (Å²) >= 11 is 0. The third kappa shape index (κ3) is 6.53. The van der Waals surface area contributed by atoms with Crippen LogP contribution in [0.25, 0.3) is 0 Å². The van der Waals surface area contributed by atoms with E-state index in [1.165, 1.54) is 30.4 Å². The van der Waals surface area contributed by atoms with E-state index >= 15 is 0 Å². The minimum Gasteiger partial charge on any atom is -0.338 e. The molecular formula is C25H38N2O2. The van der Waals surface area contributed by atoms with E-state index in [4.69, 9.17) is 0 Å². The van der Waals surface area contributed by atoms with Crippen LogP contribution in [-0.2, 0) is 9.59 Å². The number of ketones is 1. The average molecular weight is 399 g/mol. The summed E-state index contributed by atoms with van der Waals surface area (Å²) in [5.41, 5.74) is 4.03. The molecule has 0 aromatic carbocycles. The summed E-state index contributed by atoms with van der Waals surface area (Å²) in [4.78, 5) is 27.8. The minimum atomic E-state index is -0.582. The lowest BCUT2D eigenvalue weighted by molar-refractivity contribution is -0.123. The first-order valence-corrected chi connectivity index (χ1v) is 11.0. The van der Waals surface area contributed by atoms with Gasteiger partial charge in [-0.2, -0.15) is 0 Å². The van der Waals surface area contributed by atoms with Gasteiger partial charge in [0.05, 0.1) is 0 Å². The molecule has 0 spiro atoms. The van der Waals surface area contributed by atoms with E-state index in [2.05, 4.69) is 44.0 Å². The van der Waals surface area contributed by atoms with E-state index in [0.29, 0.717) is 17.4 Å². The summed E-state index contributed by atoms with van der Waals surface area (Å²) in [5.74, 6) is 0.532. The second kappa shape index (κ2) is 10.7. The van der Waals surface area contributed by atoms with Crippen molar-refractivity contribution in [2.75, 3.05) is 19.6 Å². The lowest BCUT2D eigenvalue weighted by Gasteiger charge is -2.29. The summed E-state index contributed by atoms with van der Waals surface area (Å²) in [7, 11) is 0. The highest BCUT2D eigenvalue weighted by atomic mass is 16.2. The molecule has 1 N–H and O–H groups in total. The van der Waals surface area contributed by atoms with Gasteiger partial charge in [-0.25, -0.2) is 0 Å². The highest BCUT2D eigenvalue weighted by Crippen LogP contribution is 2.34. The van der Waals surface area contributed by atoms with Crippen molar-refractivity contribution in [1.82, 2.24) is 10.2 Å². The maximum Gasteiger partial charge on any atom is 0.247 e. The monoisotopic (exact) mass is 398 g/mol. The van der Waals surface area contributed by atoms with E-state index < -0.39 is 6.04 Å². The van der Waals surface area contributed by atoms with Crippen LogP contribution in [0.1, 0.15) is 60.8 Å². The first kappa shape index (κ1) is 23.3. The number of nitrogens with one attached hydrogen (secondary N) is 1. The fourth-order valence-electron chi connectivity index (χ4n) is 4.04. The van der Waals surface area contributed by atoms with Crippen LogP contribution < -0.4 is 5.32 Å². The average Bonchev–Trinajstić information content (AvgIpc) is 2.93. The third-order valence-corrected chi connectivity index (χ3v) is 5.92. The highest BCUT2D eigenvalue weighted by Gasteiger charge is 2.32. The zero-order valence-electron chi connectivity index (χ0n) is 19.0. The Kier molecular flexibility index (Phi) is 8.63. The first-order valence-electron chi connectivity index (χ1n) is 11.0. The van der Waals surface area contributed by atoms with Gasteiger partial charge in [-0.1, -0.05) is 57.1 Å². The Bertz CT molecular complexity index is 734. The van der Waals surface area contributed by atoms with Gasteiger partial charge in [0.1, 0.15) is 6.04 Å². The second-order valence-electron chi connectivity index (χ2n) is 8.91. The lowest BCUT2D eigenvalue weighted by Crippen LogP contribution is -2.43. The molecule has 2 unspecified atom stereocenters. The number of piperidine rings is 1. The maximum absolute atomic E-state index is 12.8. The maximum atomic E-state index is 12.8. The van der Waals surface area contributed by atoms with E-state index in [-0.39, 0.29) is 11.7 Å². The molecule has 1 aliphatic heterocycles. The quantitative estimate of drug-likeness (QED) is 0.480. The van der Waals surface area contributed by atoms with Crippen LogP contribution in [0.4, 0.5) is 0 Å². The molecule has 0 aromatic heterocycles. The zero-order chi connectivity index (χ0) is 21.6. The van der Waals surface area contributed by atoms with Crippen molar-refractivity contribution in [3.63, 3.8) is 0 Å². The molecule has 0 radical (unpaired) electrons. The van der Waals surface area contributed by atoms with Gasteiger partial charge in [0.25, 0.3) is 0 Å². The van der Waals surface area contributed by atoms with E-state index in [9.17, 15) is 9.59 Å². The number of amides is 1. The third-order valence-electron chi connectivity index (χ3n) is 5.92. The number of carbonyl (C=O) groups is 2. The summed E-state index contributed by atoms with van der Waals surface area (Å²) in [5, 5.41) is 3.01. The zero-order valence-corrected chi connectivity index (χ0v) is 19.0. The Balaban J connectivity index is 2.19. The van der Waals surface area contributed by atoms with Crippen molar-refractivity contribution in [3.8, 4) is 0 Å². The molecule has 1 heterocycles. The van der Waals surface area contributed by atoms with Crippen molar-refractivity contribution in [2.45, 2.75) is 66.8 Å². The Hall–Kier alpha value is -1.94. The van der Waals surface area contributed by atoms with Gasteiger partial charge in [-0.15, -0.1) is 0 Å². The van der Waals surface area contributed by atoms with Gasteiger partial charge < -0.3 is 5.32 Å². The number of likely N-dealkylation sites (tertiary alicyclic amines) is 1. The van der Waals surface area contributed by atoms with Crippen molar-refractivity contribution in [1.29, 1.82) is 0 Å².